The van der Waals surface area contributed by atoms with Crippen molar-refractivity contribution in [3.8, 4) is 11.3 Å². The minimum absolute atomic E-state index is 0.273. The molecule has 0 aliphatic heterocycles. The lowest BCUT2D eigenvalue weighted by molar-refractivity contribution is 0.612. The van der Waals surface area contributed by atoms with Crippen molar-refractivity contribution in [1.29, 1.82) is 0 Å². The molecule has 1 aromatic carbocycles. The maximum Gasteiger partial charge on any atom is 0.155 e. The second-order valence-electron chi connectivity index (χ2n) is 2.84. The molecule has 1 aromatic heterocycles. The van der Waals surface area contributed by atoms with Crippen LogP contribution in [-0.2, 0) is 0 Å². The number of benzene rings is 1. The zero-order valence-corrected chi connectivity index (χ0v) is 9.40. The van der Waals surface area contributed by atoms with Gasteiger partial charge in [-0.3, -0.25) is 0 Å². The topological polar surface area (TPSA) is 12.9 Å². The van der Waals surface area contributed by atoms with E-state index in [2.05, 4.69) is 4.98 Å². The zero-order valence-electron chi connectivity index (χ0n) is 7.24. The summed E-state index contributed by atoms with van der Waals surface area (Å²) in [6.45, 7) is 0. The summed E-state index contributed by atoms with van der Waals surface area (Å²) in [5.41, 5.74) is 1.81. The van der Waals surface area contributed by atoms with Gasteiger partial charge in [-0.2, -0.15) is 0 Å². The van der Waals surface area contributed by atoms with E-state index in [1.807, 2.05) is 52.9 Å². The summed E-state index contributed by atoms with van der Waals surface area (Å²) in [6, 6.07) is 12.9. The predicted octanol–water partition coefficient (Wildman–Crippen LogP) is 3.49. The first-order valence-electron chi connectivity index (χ1n) is 4.15. The maximum absolute atomic E-state index is 12.9. The molecule has 1 heterocycles. The Morgan fingerprint density at radius 2 is 1.71 bits per heavy atom. The third kappa shape index (κ3) is 1.92. The van der Waals surface area contributed by atoms with Crippen LogP contribution < -0.4 is 0 Å². The quantitative estimate of drug-likeness (QED) is 0.580. The highest BCUT2D eigenvalue weighted by atomic mass is 127. The van der Waals surface area contributed by atoms with Crippen LogP contribution >= 0.6 is 22.6 Å². The molecule has 0 saturated heterocycles. The van der Waals surface area contributed by atoms with Crippen LogP contribution in [0.25, 0.3) is 11.3 Å². The molecular weight excluding hydrogens is 292 g/mol. The van der Waals surface area contributed by atoms with Gasteiger partial charge in [0.1, 0.15) is 3.70 Å². The fourth-order valence-electron chi connectivity index (χ4n) is 1.19. The molecule has 0 bridgehead atoms. The predicted molar refractivity (Wildman–Crippen MR) is 62.3 cm³/mol. The molecular formula is C11H7FIN. The van der Waals surface area contributed by atoms with Crippen molar-refractivity contribution in [3.05, 3.63) is 52.0 Å². The van der Waals surface area contributed by atoms with Crippen molar-refractivity contribution >= 4 is 22.6 Å². The molecule has 0 aliphatic rings. The number of hydrogen-bond donors (Lipinski definition) is 0. The van der Waals surface area contributed by atoms with Gasteiger partial charge in [-0.05, 0) is 34.7 Å². The summed E-state index contributed by atoms with van der Waals surface area (Å²) in [5, 5.41) is 0. The Hall–Kier alpha value is -0.970. The Bertz CT molecular complexity index is 442. The number of rotatable bonds is 1. The van der Waals surface area contributed by atoms with Gasteiger partial charge >= 0.3 is 0 Å². The van der Waals surface area contributed by atoms with Crippen LogP contribution in [0.2, 0.25) is 0 Å². The van der Waals surface area contributed by atoms with Gasteiger partial charge in [0, 0.05) is 5.56 Å². The molecule has 2 rings (SSSR count). The first-order valence-corrected chi connectivity index (χ1v) is 5.23. The Kier molecular flexibility index (Phi) is 2.77. The van der Waals surface area contributed by atoms with Crippen LogP contribution in [0.4, 0.5) is 4.39 Å². The fraction of sp³-hybridized carbons (Fsp3) is 0. The normalized spacial score (nSPS) is 10.1. The molecule has 0 fully saturated rings. The van der Waals surface area contributed by atoms with Gasteiger partial charge in [0.05, 0.1) is 5.69 Å². The van der Waals surface area contributed by atoms with Crippen molar-refractivity contribution < 1.29 is 4.39 Å². The number of nitrogens with zero attached hydrogens (tertiary/aromatic N) is 1. The van der Waals surface area contributed by atoms with Gasteiger partial charge in [-0.25, -0.2) is 9.37 Å². The summed E-state index contributed by atoms with van der Waals surface area (Å²) >= 11 is 1.89. The van der Waals surface area contributed by atoms with Crippen molar-refractivity contribution in [2.24, 2.45) is 0 Å². The van der Waals surface area contributed by atoms with E-state index in [0.29, 0.717) is 3.70 Å². The molecule has 1 nitrogen and oxygen atoms in total. The monoisotopic (exact) mass is 299 g/mol. The largest absolute Gasteiger partial charge is 0.239 e. The van der Waals surface area contributed by atoms with Gasteiger partial charge in [0.25, 0.3) is 0 Å². The van der Waals surface area contributed by atoms with Crippen LogP contribution in [0.3, 0.4) is 0 Å². The summed E-state index contributed by atoms with van der Waals surface area (Å²) < 4.78 is 13.4. The lowest BCUT2D eigenvalue weighted by atomic mass is 10.1. The molecule has 0 radical (unpaired) electrons. The van der Waals surface area contributed by atoms with Crippen LogP contribution in [0.15, 0.2) is 42.5 Å². The average Bonchev–Trinajstić information content (AvgIpc) is 2.23. The van der Waals surface area contributed by atoms with Gasteiger partial charge in [-0.15, -0.1) is 0 Å². The van der Waals surface area contributed by atoms with E-state index in [1.165, 1.54) is 6.07 Å². The minimum atomic E-state index is -0.273. The van der Waals surface area contributed by atoms with E-state index in [9.17, 15) is 4.39 Å². The van der Waals surface area contributed by atoms with E-state index >= 15 is 0 Å². The third-order valence-corrected chi connectivity index (χ3v) is 2.63. The summed E-state index contributed by atoms with van der Waals surface area (Å²) in [5.74, 6) is -0.273. The standard InChI is InChI=1S/C11H7FIN/c12-9-6-7-10(14-11(9)13)8-4-2-1-3-5-8/h1-7H. The Labute approximate surface area is 95.1 Å². The first kappa shape index (κ1) is 9.58. The van der Waals surface area contributed by atoms with Crippen molar-refractivity contribution in [3.63, 3.8) is 0 Å². The maximum atomic E-state index is 12.9. The second-order valence-corrected chi connectivity index (χ2v) is 3.86. The molecule has 0 spiro atoms. The third-order valence-electron chi connectivity index (χ3n) is 1.87. The van der Waals surface area contributed by atoms with E-state index in [4.69, 9.17) is 0 Å². The van der Waals surface area contributed by atoms with Gasteiger partial charge in [-0.1, -0.05) is 30.3 Å². The van der Waals surface area contributed by atoms with Crippen LogP contribution in [0.5, 0.6) is 0 Å². The summed E-state index contributed by atoms with van der Waals surface area (Å²) in [7, 11) is 0. The number of halogens is 2. The van der Waals surface area contributed by atoms with Gasteiger partial charge in [0.2, 0.25) is 0 Å². The Morgan fingerprint density at radius 3 is 2.36 bits per heavy atom. The van der Waals surface area contributed by atoms with Crippen LogP contribution in [0, 0.1) is 9.52 Å². The zero-order chi connectivity index (χ0) is 9.97. The Morgan fingerprint density at radius 1 is 1.00 bits per heavy atom. The lowest BCUT2D eigenvalue weighted by Crippen LogP contribution is -1.90. The molecule has 0 amide bonds. The number of pyridine rings is 1. The molecule has 14 heavy (non-hydrogen) atoms. The van der Waals surface area contributed by atoms with Gasteiger partial charge in [0.15, 0.2) is 5.82 Å². The highest BCUT2D eigenvalue weighted by Crippen LogP contribution is 2.18. The van der Waals surface area contributed by atoms with E-state index in [0.717, 1.165) is 11.3 Å². The summed E-state index contributed by atoms with van der Waals surface area (Å²) in [6.07, 6.45) is 0. The molecule has 2 aromatic rings. The summed E-state index contributed by atoms with van der Waals surface area (Å²) in [4.78, 5) is 4.15. The minimum Gasteiger partial charge on any atom is -0.239 e. The Balaban J connectivity index is 2.48. The van der Waals surface area contributed by atoms with E-state index in [1.54, 1.807) is 6.07 Å². The van der Waals surface area contributed by atoms with E-state index < -0.39 is 0 Å². The van der Waals surface area contributed by atoms with Crippen molar-refractivity contribution in [2.75, 3.05) is 0 Å². The van der Waals surface area contributed by atoms with Gasteiger partial charge < -0.3 is 0 Å². The van der Waals surface area contributed by atoms with E-state index in [-0.39, 0.29) is 5.82 Å². The second kappa shape index (κ2) is 4.04. The molecule has 0 saturated carbocycles. The highest BCUT2D eigenvalue weighted by molar-refractivity contribution is 14.1. The highest BCUT2D eigenvalue weighted by Gasteiger charge is 2.03. The smallest absolute Gasteiger partial charge is 0.155 e. The van der Waals surface area contributed by atoms with Crippen molar-refractivity contribution in [1.82, 2.24) is 4.98 Å². The van der Waals surface area contributed by atoms with Crippen LogP contribution in [0.1, 0.15) is 0 Å². The molecule has 0 aliphatic carbocycles. The average molecular weight is 299 g/mol. The molecule has 0 N–H and O–H groups in total. The molecule has 0 atom stereocenters. The first-order chi connectivity index (χ1) is 6.77. The molecule has 0 unspecified atom stereocenters. The number of aromatic nitrogens is 1. The SMILES string of the molecule is Fc1ccc(-c2ccccc2)nc1I. The number of hydrogen-bond acceptors (Lipinski definition) is 1. The molecule has 70 valence electrons. The fourth-order valence-corrected chi connectivity index (χ4v) is 1.63. The van der Waals surface area contributed by atoms with Crippen molar-refractivity contribution in [2.45, 2.75) is 0 Å². The molecule has 3 heteroatoms. The van der Waals surface area contributed by atoms with Crippen LogP contribution in [-0.4, -0.2) is 4.98 Å². The lowest BCUT2D eigenvalue weighted by Gasteiger charge is -2.01.